The quantitative estimate of drug-likeness (QED) is 0.309. The molecule has 0 atom stereocenters. The van der Waals surface area contributed by atoms with Crippen molar-refractivity contribution >= 4 is 40.9 Å². The van der Waals surface area contributed by atoms with Crippen molar-refractivity contribution < 1.29 is 19.2 Å². The number of nitrogens with zero attached hydrogens (tertiary/aromatic N) is 6. The number of nitro benzene ring substituents is 1. The van der Waals surface area contributed by atoms with Crippen LogP contribution in [-0.2, 0) is 4.74 Å². The van der Waals surface area contributed by atoms with Gasteiger partial charge in [0.25, 0.3) is 5.69 Å². The van der Waals surface area contributed by atoms with Gasteiger partial charge in [-0.2, -0.15) is 10.1 Å². The largest absolute Gasteiger partial charge is 0.494 e. The zero-order valence-electron chi connectivity index (χ0n) is 17.8. The molecule has 0 saturated carbocycles. The van der Waals surface area contributed by atoms with Gasteiger partial charge in [0.1, 0.15) is 16.5 Å². The normalized spacial score (nSPS) is 13.6. The number of nitrogens with one attached hydrogen (secondary N) is 1. The monoisotopic (exact) mass is 473 g/mol. The lowest BCUT2D eigenvalue weighted by atomic mass is 10.2. The van der Waals surface area contributed by atoms with E-state index in [0.29, 0.717) is 61.0 Å². The summed E-state index contributed by atoms with van der Waals surface area (Å²) in [6.45, 7) is 3.73. The molecule has 3 heterocycles. The molecule has 1 aromatic carbocycles. The molecule has 0 bridgehead atoms. The highest BCUT2D eigenvalue weighted by molar-refractivity contribution is 6.32. The second-order valence-corrected chi connectivity index (χ2v) is 7.53. The molecule has 2 aromatic heterocycles. The Bertz CT molecular complexity index is 1210. The number of methoxy groups -OCH3 is 1. The molecule has 0 amide bonds. The number of aldehydes is 1. The second-order valence-electron chi connectivity index (χ2n) is 7.12. The van der Waals surface area contributed by atoms with E-state index >= 15 is 0 Å². The summed E-state index contributed by atoms with van der Waals surface area (Å²) in [7, 11) is 1.47. The molecule has 3 aromatic rings. The van der Waals surface area contributed by atoms with E-state index in [4.69, 9.17) is 21.1 Å². The van der Waals surface area contributed by atoms with Crippen LogP contribution >= 0.6 is 11.6 Å². The van der Waals surface area contributed by atoms with Crippen molar-refractivity contribution in [3.8, 4) is 11.6 Å². The average Bonchev–Trinajstić information content (AvgIpc) is 3.20. The summed E-state index contributed by atoms with van der Waals surface area (Å²) in [5.74, 6) is 0.728. The third-order valence-corrected chi connectivity index (χ3v) is 5.36. The summed E-state index contributed by atoms with van der Waals surface area (Å²) in [4.78, 5) is 32.9. The van der Waals surface area contributed by atoms with E-state index in [9.17, 15) is 14.9 Å². The van der Waals surface area contributed by atoms with Crippen LogP contribution in [0.5, 0.6) is 5.75 Å². The minimum atomic E-state index is -0.447. The number of nitro groups is 1. The van der Waals surface area contributed by atoms with Crippen molar-refractivity contribution in [3.05, 3.63) is 50.9 Å². The topological polar surface area (TPSA) is 138 Å². The SMILES string of the molecule is COc1cc(N2CCOCC2)c([N+](=O)[O-])cc1Nc1ncc(Cl)c(-n2cc(C=O)c(C)n2)n1. The van der Waals surface area contributed by atoms with Crippen LogP contribution < -0.4 is 15.0 Å². The van der Waals surface area contributed by atoms with Crippen molar-refractivity contribution in [1.82, 2.24) is 19.7 Å². The maximum absolute atomic E-state index is 11.8. The van der Waals surface area contributed by atoms with Crippen LogP contribution in [0.3, 0.4) is 0 Å². The molecule has 1 aliphatic rings. The van der Waals surface area contributed by atoms with Gasteiger partial charge >= 0.3 is 0 Å². The lowest BCUT2D eigenvalue weighted by Gasteiger charge is -2.29. The number of benzene rings is 1. The Morgan fingerprint density at radius 2 is 2.09 bits per heavy atom. The first-order chi connectivity index (χ1) is 15.9. The van der Waals surface area contributed by atoms with Crippen LogP contribution in [0.2, 0.25) is 5.02 Å². The molecule has 1 fully saturated rings. The van der Waals surface area contributed by atoms with Crippen LogP contribution in [0, 0.1) is 17.0 Å². The van der Waals surface area contributed by atoms with E-state index in [1.165, 1.54) is 30.3 Å². The summed E-state index contributed by atoms with van der Waals surface area (Å²) >= 11 is 6.24. The highest BCUT2D eigenvalue weighted by Crippen LogP contribution is 2.39. The van der Waals surface area contributed by atoms with Crippen LogP contribution in [-0.4, -0.2) is 64.4 Å². The molecule has 33 heavy (non-hydrogen) atoms. The smallest absolute Gasteiger partial charge is 0.294 e. The number of aryl methyl sites for hydroxylation is 1. The molecule has 13 heteroatoms. The molecule has 1 aliphatic heterocycles. The second kappa shape index (κ2) is 9.38. The highest BCUT2D eigenvalue weighted by Gasteiger charge is 2.25. The van der Waals surface area contributed by atoms with Gasteiger partial charge in [-0.25, -0.2) is 9.67 Å². The van der Waals surface area contributed by atoms with E-state index in [2.05, 4.69) is 20.4 Å². The Hall–Kier alpha value is -3.77. The number of rotatable bonds is 7. The van der Waals surface area contributed by atoms with Gasteiger partial charge in [-0.05, 0) is 6.92 Å². The number of ether oxygens (including phenoxy) is 2. The number of hydrogen-bond donors (Lipinski definition) is 1. The first kappa shape index (κ1) is 22.4. The zero-order valence-corrected chi connectivity index (χ0v) is 18.6. The van der Waals surface area contributed by atoms with Gasteiger partial charge in [-0.1, -0.05) is 11.6 Å². The van der Waals surface area contributed by atoms with Gasteiger partial charge in [-0.3, -0.25) is 14.9 Å². The summed E-state index contributed by atoms with van der Waals surface area (Å²) in [6, 6.07) is 2.99. The maximum atomic E-state index is 11.8. The Morgan fingerprint density at radius 1 is 1.33 bits per heavy atom. The Labute approximate surface area is 193 Å². The van der Waals surface area contributed by atoms with Crippen LogP contribution in [0.1, 0.15) is 16.1 Å². The van der Waals surface area contributed by atoms with Crippen LogP contribution in [0.25, 0.3) is 5.82 Å². The number of halogens is 1. The van der Waals surface area contributed by atoms with Gasteiger partial charge in [0, 0.05) is 31.4 Å². The fraction of sp³-hybridized carbons (Fsp3) is 0.300. The van der Waals surface area contributed by atoms with Crippen molar-refractivity contribution in [2.24, 2.45) is 0 Å². The molecule has 0 radical (unpaired) electrons. The molecule has 1 saturated heterocycles. The molecular formula is C20H20ClN7O5. The third-order valence-electron chi connectivity index (χ3n) is 5.10. The fourth-order valence-corrected chi connectivity index (χ4v) is 3.60. The fourth-order valence-electron chi connectivity index (χ4n) is 3.43. The molecule has 0 unspecified atom stereocenters. The minimum Gasteiger partial charge on any atom is -0.494 e. The number of aromatic nitrogens is 4. The Kier molecular flexibility index (Phi) is 6.38. The molecule has 0 spiro atoms. The third kappa shape index (κ3) is 4.56. The van der Waals surface area contributed by atoms with Crippen molar-refractivity contribution in [3.63, 3.8) is 0 Å². The Balaban J connectivity index is 1.71. The molecule has 172 valence electrons. The molecule has 1 N–H and O–H groups in total. The molecular weight excluding hydrogens is 454 g/mol. The van der Waals surface area contributed by atoms with Crippen molar-refractivity contribution in [1.29, 1.82) is 0 Å². The first-order valence-electron chi connectivity index (χ1n) is 9.91. The van der Waals surface area contributed by atoms with Crippen molar-refractivity contribution in [2.75, 3.05) is 43.6 Å². The van der Waals surface area contributed by atoms with Gasteiger partial charge in [-0.15, -0.1) is 0 Å². The van der Waals surface area contributed by atoms with E-state index in [1.807, 2.05) is 4.90 Å². The average molecular weight is 474 g/mol. The molecule has 12 nitrogen and oxygen atoms in total. The number of carbonyl (C=O) groups is 1. The maximum Gasteiger partial charge on any atom is 0.294 e. The highest BCUT2D eigenvalue weighted by atomic mass is 35.5. The van der Waals surface area contributed by atoms with Crippen LogP contribution in [0.4, 0.5) is 23.0 Å². The summed E-state index contributed by atoms with van der Waals surface area (Å²) in [5.41, 5.74) is 1.57. The number of anilines is 3. The number of carbonyl (C=O) groups excluding carboxylic acids is 1. The molecule has 0 aliphatic carbocycles. The number of hydrogen-bond acceptors (Lipinski definition) is 10. The van der Waals surface area contributed by atoms with Gasteiger partial charge < -0.3 is 19.7 Å². The standard InChI is InChI=1S/C20H20ClN7O5/c1-12-13(11-29)10-27(25-12)19-14(21)9-22-20(24-19)23-15-7-17(28(30)31)16(8-18(15)32-2)26-3-5-33-6-4-26/h7-11H,3-6H2,1-2H3,(H,22,23,24). The summed E-state index contributed by atoms with van der Waals surface area (Å²) < 4.78 is 12.2. The van der Waals surface area contributed by atoms with Gasteiger partial charge in [0.15, 0.2) is 12.1 Å². The lowest BCUT2D eigenvalue weighted by molar-refractivity contribution is -0.384. The Morgan fingerprint density at radius 3 is 2.73 bits per heavy atom. The van der Waals surface area contributed by atoms with Crippen molar-refractivity contribution in [2.45, 2.75) is 6.92 Å². The minimum absolute atomic E-state index is 0.0901. The van der Waals surface area contributed by atoms with E-state index in [1.54, 1.807) is 13.0 Å². The van der Waals surface area contributed by atoms with E-state index in [0.717, 1.165) is 0 Å². The van der Waals surface area contributed by atoms with Gasteiger partial charge in [0.05, 0.1) is 48.4 Å². The lowest BCUT2D eigenvalue weighted by Crippen LogP contribution is -2.36. The number of morpholine rings is 1. The van der Waals surface area contributed by atoms with Gasteiger partial charge in [0.2, 0.25) is 5.95 Å². The zero-order chi connectivity index (χ0) is 23.5. The predicted molar refractivity (Wildman–Crippen MR) is 120 cm³/mol. The summed E-state index contributed by atoms with van der Waals surface area (Å²) in [6.07, 6.45) is 3.56. The van der Waals surface area contributed by atoms with Crippen LogP contribution in [0.15, 0.2) is 24.5 Å². The predicted octanol–water partition coefficient (Wildman–Crippen LogP) is 2.93. The first-order valence-corrected chi connectivity index (χ1v) is 10.3. The summed E-state index contributed by atoms with van der Waals surface area (Å²) in [5, 5.41) is 19.2. The van der Waals surface area contributed by atoms with E-state index < -0.39 is 4.92 Å². The molecule has 4 rings (SSSR count). The van der Waals surface area contributed by atoms with E-state index in [-0.39, 0.29) is 22.5 Å².